The van der Waals surface area contributed by atoms with E-state index < -0.39 is 0 Å². The SMILES string of the molecule is O=[N+]([O-])c1cnccc1N1CCCCC1C1CCCN1. The second-order valence-electron chi connectivity index (χ2n) is 5.58. The molecule has 0 saturated carbocycles. The number of nitrogens with zero attached hydrogens (tertiary/aromatic N) is 3. The first-order valence-corrected chi connectivity index (χ1v) is 7.36. The molecule has 2 aliphatic heterocycles. The van der Waals surface area contributed by atoms with E-state index in [0.29, 0.717) is 12.1 Å². The van der Waals surface area contributed by atoms with Gasteiger partial charge in [-0.25, -0.2) is 0 Å². The third-order valence-corrected chi connectivity index (χ3v) is 4.40. The van der Waals surface area contributed by atoms with Crippen molar-refractivity contribution < 1.29 is 4.92 Å². The van der Waals surface area contributed by atoms with Gasteiger partial charge in [-0.05, 0) is 44.7 Å². The summed E-state index contributed by atoms with van der Waals surface area (Å²) in [5, 5.41) is 14.8. The molecule has 2 atom stereocenters. The van der Waals surface area contributed by atoms with Gasteiger partial charge in [-0.1, -0.05) is 0 Å². The smallest absolute Gasteiger partial charge is 0.310 e. The van der Waals surface area contributed by atoms with Crippen molar-refractivity contribution in [1.29, 1.82) is 0 Å². The van der Waals surface area contributed by atoms with Crippen LogP contribution >= 0.6 is 0 Å². The molecule has 20 heavy (non-hydrogen) atoms. The highest BCUT2D eigenvalue weighted by Gasteiger charge is 2.34. The van der Waals surface area contributed by atoms with Crippen molar-refractivity contribution in [2.75, 3.05) is 18.0 Å². The molecule has 2 fully saturated rings. The van der Waals surface area contributed by atoms with Crippen LogP contribution in [-0.4, -0.2) is 35.1 Å². The number of nitrogens with one attached hydrogen (secondary N) is 1. The molecule has 6 heteroatoms. The van der Waals surface area contributed by atoms with Crippen LogP contribution < -0.4 is 10.2 Å². The van der Waals surface area contributed by atoms with Crippen LogP contribution in [0, 0.1) is 10.1 Å². The van der Waals surface area contributed by atoms with Gasteiger partial charge in [0.2, 0.25) is 0 Å². The molecule has 3 rings (SSSR count). The summed E-state index contributed by atoms with van der Waals surface area (Å²) in [6, 6.07) is 2.61. The molecule has 3 heterocycles. The summed E-state index contributed by atoms with van der Waals surface area (Å²) in [7, 11) is 0. The topological polar surface area (TPSA) is 71.3 Å². The summed E-state index contributed by atoms with van der Waals surface area (Å²) in [6.45, 7) is 1.96. The number of rotatable bonds is 3. The zero-order valence-electron chi connectivity index (χ0n) is 11.5. The van der Waals surface area contributed by atoms with Gasteiger partial charge in [0.15, 0.2) is 0 Å². The molecule has 0 aliphatic carbocycles. The van der Waals surface area contributed by atoms with Gasteiger partial charge < -0.3 is 10.2 Å². The minimum atomic E-state index is -0.323. The zero-order valence-corrected chi connectivity index (χ0v) is 11.5. The lowest BCUT2D eigenvalue weighted by Crippen LogP contribution is -2.50. The van der Waals surface area contributed by atoms with E-state index in [9.17, 15) is 10.1 Å². The van der Waals surface area contributed by atoms with Gasteiger partial charge in [0.05, 0.1) is 4.92 Å². The Bertz CT molecular complexity index is 488. The second kappa shape index (κ2) is 5.75. The Kier molecular flexibility index (Phi) is 3.82. The van der Waals surface area contributed by atoms with Crippen LogP contribution in [0.15, 0.2) is 18.5 Å². The van der Waals surface area contributed by atoms with Crippen molar-refractivity contribution in [3.05, 3.63) is 28.6 Å². The standard InChI is InChI=1S/C14H20N4O2/c19-18(20)14-10-15-8-6-13(14)17-9-2-1-5-12(17)11-4-3-7-16-11/h6,8,10-12,16H,1-5,7,9H2. The molecule has 6 nitrogen and oxygen atoms in total. The second-order valence-corrected chi connectivity index (χ2v) is 5.58. The molecule has 0 spiro atoms. The molecule has 2 saturated heterocycles. The molecular formula is C14H20N4O2. The minimum absolute atomic E-state index is 0.123. The Morgan fingerprint density at radius 2 is 2.25 bits per heavy atom. The van der Waals surface area contributed by atoms with Crippen LogP contribution in [0.1, 0.15) is 32.1 Å². The molecule has 0 radical (unpaired) electrons. The van der Waals surface area contributed by atoms with Crippen LogP contribution in [-0.2, 0) is 0 Å². The largest absolute Gasteiger partial charge is 0.361 e. The molecule has 0 amide bonds. The van der Waals surface area contributed by atoms with Crippen LogP contribution in [0.2, 0.25) is 0 Å². The van der Waals surface area contributed by atoms with Crippen LogP contribution in [0.4, 0.5) is 11.4 Å². The number of anilines is 1. The number of nitro groups is 1. The van der Waals surface area contributed by atoms with Gasteiger partial charge in [0.1, 0.15) is 11.9 Å². The van der Waals surface area contributed by atoms with E-state index in [0.717, 1.165) is 31.6 Å². The highest BCUT2D eigenvalue weighted by atomic mass is 16.6. The molecule has 108 valence electrons. The van der Waals surface area contributed by atoms with Gasteiger partial charge >= 0.3 is 5.69 Å². The minimum Gasteiger partial charge on any atom is -0.361 e. The third-order valence-electron chi connectivity index (χ3n) is 4.40. The number of hydrogen-bond donors (Lipinski definition) is 1. The molecule has 0 bridgehead atoms. The van der Waals surface area contributed by atoms with E-state index in [1.165, 1.54) is 25.5 Å². The molecule has 2 unspecified atom stereocenters. The monoisotopic (exact) mass is 276 g/mol. The van der Waals surface area contributed by atoms with Crippen molar-refractivity contribution in [3.63, 3.8) is 0 Å². The van der Waals surface area contributed by atoms with Crippen LogP contribution in [0.25, 0.3) is 0 Å². The summed E-state index contributed by atoms with van der Waals surface area (Å²) in [5.74, 6) is 0. The summed E-state index contributed by atoms with van der Waals surface area (Å²) in [5.41, 5.74) is 0.848. The van der Waals surface area contributed by atoms with Crippen LogP contribution in [0.5, 0.6) is 0 Å². The van der Waals surface area contributed by atoms with Gasteiger partial charge in [-0.15, -0.1) is 0 Å². The molecule has 1 N–H and O–H groups in total. The Balaban J connectivity index is 1.91. The average Bonchev–Trinajstić information content (AvgIpc) is 3.01. The molecule has 0 aromatic carbocycles. The Labute approximate surface area is 118 Å². The van der Waals surface area contributed by atoms with E-state index in [1.807, 2.05) is 0 Å². The van der Waals surface area contributed by atoms with E-state index in [-0.39, 0.29) is 10.6 Å². The quantitative estimate of drug-likeness (QED) is 0.676. The highest BCUT2D eigenvalue weighted by molar-refractivity contribution is 5.62. The summed E-state index contributed by atoms with van der Waals surface area (Å²) in [6.07, 6.45) is 8.80. The van der Waals surface area contributed by atoms with Crippen molar-refractivity contribution in [2.45, 2.75) is 44.2 Å². The average molecular weight is 276 g/mol. The van der Waals surface area contributed by atoms with E-state index in [4.69, 9.17) is 0 Å². The van der Waals surface area contributed by atoms with Crippen molar-refractivity contribution >= 4 is 11.4 Å². The number of hydrogen-bond acceptors (Lipinski definition) is 5. The molecular weight excluding hydrogens is 256 g/mol. The first-order valence-electron chi connectivity index (χ1n) is 7.36. The van der Waals surface area contributed by atoms with Gasteiger partial charge in [0.25, 0.3) is 0 Å². The lowest BCUT2D eigenvalue weighted by molar-refractivity contribution is -0.384. The summed E-state index contributed by atoms with van der Waals surface area (Å²) >= 11 is 0. The van der Waals surface area contributed by atoms with Gasteiger partial charge in [0, 0.05) is 24.8 Å². The predicted molar refractivity (Wildman–Crippen MR) is 76.9 cm³/mol. The van der Waals surface area contributed by atoms with Crippen molar-refractivity contribution in [3.8, 4) is 0 Å². The Morgan fingerprint density at radius 3 is 3.00 bits per heavy atom. The van der Waals surface area contributed by atoms with Crippen molar-refractivity contribution in [1.82, 2.24) is 10.3 Å². The molecule has 1 aromatic heterocycles. The van der Waals surface area contributed by atoms with Crippen LogP contribution in [0.3, 0.4) is 0 Å². The summed E-state index contributed by atoms with van der Waals surface area (Å²) < 4.78 is 0. The maximum atomic E-state index is 11.2. The Morgan fingerprint density at radius 1 is 1.35 bits per heavy atom. The van der Waals surface area contributed by atoms with E-state index in [1.54, 1.807) is 12.3 Å². The first kappa shape index (κ1) is 13.3. The fourth-order valence-corrected chi connectivity index (χ4v) is 3.48. The fourth-order valence-electron chi connectivity index (χ4n) is 3.48. The molecule has 2 aliphatic rings. The zero-order chi connectivity index (χ0) is 13.9. The number of pyridine rings is 1. The summed E-state index contributed by atoms with van der Waals surface area (Å²) in [4.78, 5) is 17.0. The maximum absolute atomic E-state index is 11.2. The number of aromatic nitrogens is 1. The maximum Gasteiger partial charge on any atom is 0.310 e. The van der Waals surface area contributed by atoms with Gasteiger partial charge in [-0.2, -0.15) is 0 Å². The third kappa shape index (κ3) is 2.47. The highest BCUT2D eigenvalue weighted by Crippen LogP contribution is 2.34. The Hall–Kier alpha value is -1.69. The lowest BCUT2D eigenvalue weighted by atomic mass is 9.94. The van der Waals surface area contributed by atoms with E-state index >= 15 is 0 Å². The lowest BCUT2D eigenvalue weighted by Gasteiger charge is -2.40. The molecule has 1 aromatic rings. The van der Waals surface area contributed by atoms with Crippen molar-refractivity contribution in [2.24, 2.45) is 0 Å². The number of piperidine rings is 1. The first-order chi connectivity index (χ1) is 9.77. The normalized spacial score (nSPS) is 26.7. The fraction of sp³-hybridized carbons (Fsp3) is 0.643. The van der Waals surface area contributed by atoms with Gasteiger partial charge in [-0.3, -0.25) is 15.1 Å². The van der Waals surface area contributed by atoms with E-state index in [2.05, 4.69) is 15.2 Å². The predicted octanol–water partition coefficient (Wildman–Crippen LogP) is 2.10.